The Morgan fingerprint density at radius 3 is 2.82 bits per heavy atom. The zero-order valence-corrected chi connectivity index (χ0v) is 11.6. The third kappa shape index (κ3) is 4.27. The molecule has 0 aliphatic carbocycles. The van der Waals surface area contributed by atoms with Crippen molar-refractivity contribution in [1.82, 2.24) is 5.32 Å². The van der Waals surface area contributed by atoms with Gasteiger partial charge in [0, 0.05) is 22.6 Å². The number of carbonyl (C=O) groups is 1. The monoisotopic (exact) mass is 320 g/mol. The Morgan fingerprint density at radius 1 is 1.65 bits per heavy atom. The number of benzene rings is 1. The van der Waals surface area contributed by atoms with Gasteiger partial charge in [0.15, 0.2) is 0 Å². The molecule has 1 rings (SSSR count). The molecular formula is C11H14BrClN2O2. The van der Waals surface area contributed by atoms with Crippen molar-refractivity contribution < 1.29 is 9.90 Å². The first-order valence-corrected chi connectivity index (χ1v) is 6.26. The number of carbonyl (C=O) groups excluding carboxylic acids is 1. The quantitative estimate of drug-likeness (QED) is 0.787. The van der Waals surface area contributed by atoms with Crippen molar-refractivity contribution in [3.63, 3.8) is 0 Å². The molecule has 0 radical (unpaired) electrons. The van der Waals surface area contributed by atoms with Gasteiger partial charge in [-0.15, -0.1) is 0 Å². The molecule has 1 aromatic carbocycles. The summed E-state index contributed by atoms with van der Waals surface area (Å²) in [5.41, 5.74) is 6.05. The lowest BCUT2D eigenvalue weighted by Gasteiger charge is -2.15. The molecule has 17 heavy (non-hydrogen) atoms. The summed E-state index contributed by atoms with van der Waals surface area (Å²) in [6.07, 6.45) is -0.663. The maximum absolute atomic E-state index is 11.7. The molecule has 0 spiro atoms. The number of aliphatic hydroxyl groups is 1. The number of rotatable bonds is 4. The van der Waals surface area contributed by atoms with Crippen LogP contribution in [0.5, 0.6) is 0 Å². The minimum Gasteiger partial charge on any atom is -0.392 e. The van der Waals surface area contributed by atoms with Gasteiger partial charge in [-0.1, -0.05) is 11.6 Å². The summed E-state index contributed by atoms with van der Waals surface area (Å²) in [7, 11) is 0. The second-order valence-electron chi connectivity index (χ2n) is 3.74. The molecule has 0 aliphatic heterocycles. The number of hydrogen-bond acceptors (Lipinski definition) is 3. The van der Waals surface area contributed by atoms with Crippen LogP contribution >= 0.6 is 27.5 Å². The molecule has 0 aromatic heterocycles. The third-order valence-corrected chi connectivity index (χ3v) is 3.53. The predicted molar refractivity (Wildman–Crippen MR) is 71.1 cm³/mol. The first-order valence-electron chi connectivity index (χ1n) is 5.08. The Kier molecular flexibility index (Phi) is 5.39. The van der Waals surface area contributed by atoms with Gasteiger partial charge < -0.3 is 16.2 Å². The average Bonchev–Trinajstić information content (AvgIpc) is 2.28. The van der Waals surface area contributed by atoms with Crippen molar-refractivity contribution in [2.45, 2.75) is 19.1 Å². The topological polar surface area (TPSA) is 75.3 Å². The smallest absolute Gasteiger partial charge is 0.251 e. The number of hydrogen-bond donors (Lipinski definition) is 3. The highest BCUT2D eigenvalue weighted by atomic mass is 79.9. The van der Waals surface area contributed by atoms with E-state index < -0.39 is 12.1 Å². The SMILES string of the molecule is CC(O)C(N)CNC(=O)c1ccc(Br)c(Cl)c1. The van der Waals surface area contributed by atoms with Crippen molar-refractivity contribution in [3.8, 4) is 0 Å². The molecule has 0 saturated carbocycles. The molecule has 0 aliphatic rings. The van der Waals surface area contributed by atoms with E-state index in [0.717, 1.165) is 4.47 Å². The fraction of sp³-hybridized carbons (Fsp3) is 0.364. The first-order chi connectivity index (χ1) is 7.91. The molecule has 1 amide bonds. The van der Waals surface area contributed by atoms with Crippen LogP contribution < -0.4 is 11.1 Å². The Balaban J connectivity index is 2.61. The summed E-state index contributed by atoms with van der Waals surface area (Å²) in [6, 6.07) is 4.43. The molecule has 94 valence electrons. The number of amides is 1. The van der Waals surface area contributed by atoms with Crippen LogP contribution in [0.15, 0.2) is 22.7 Å². The van der Waals surface area contributed by atoms with Crippen LogP contribution in [0.4, 0.5) is 0 Å². The van der Waals surface area contributed by atoms with E-state index in [9.17, 15) is 9.90 Å². The molecule has 2 atom stereocenters. The predicted octanol–water partition coefficient (Wildman–Crippen LogP) is 1.54. The normalized spacial score (nSPS) is 14.2. The Hall–Kier alpha value is -0.620. The summed E-state index contributed by atoms with van der Waals surface area (Å²) >= 11 is 9.12. The molecule has 0 bridgehead atoms. The highest BCUT2D eigenvalue weighted by Crippen LogP contribution is 2.23. The van der Waals surface area contributed by atoms with Crippen LogP contribution in [0.1, 0.15) is 17.3 Å². The summed E-state index contributed by atoms with van der Waals surface area (Å²) in [6.45, 7) is 1.79. The van der Waals surface area contributed by atoms with Gasteiger partial charge in [-0.05, 0) is 41.1 Å². The van der Waals surface area contributed by atoms with Gasteiger partial charge in [0.25, 0.3) is 5.91 Å². The molecule has 4 N–H and O–H groups in total. The average molecular weight is 322 g/mol. The van der Waals surface area contributed by atoms with Crippen molar-refractivity contribution in [3.05, 3.63) is 33.3 Å². The summed E-state index contributed by atoms with van der Waals surface area (Å²) in [4.78, 5) is 11.7. The number of nitrogens with two attached hydrogens (primary N) is 1. The summed E-state index contributed by atoms with van der Waals surface area (Å²) in [5, 5.41) is 12.3. The largest absolute Gasteiger partial charge is 0.392 e. The van der Waals surface area contributed by atoms with Crippen molar-refractivity contribution in [2.75, 3.05) is 6.54 Å². The molecule has 0 saturated heterocycles. The van der Waals surface area contributed by atoms with E-state index in [1.165, 1.54) is 0 Å². The second-order valence-corrected chi connectivity index (χ2v) is 5.00. The maximum atomic E-state index is 11.7. The molecule has 1 aromatic rings. The zero-order chi connectivity index (χ0) is 13.0. The first kappa shape index (κ1) is 14.4. The van der Waals surface area contributed by atoms with E-state index in [0.29, 0.717) is 10.6 Å². The highest BCUT2D eigenvalue weighted by Gasteiger charge is 2.12. The van der Waals surface area contributed by atoms with Gasteiger partial charge in [-0.3, -0.25) is 4.79 Å². The van der Waals surface area contributed by atoms with E-state index in [2.05, 4.69) is 21.2 Å². The molecule has 0 fully saturated rings. The zero-order valence-electron chi connectivity index (χ0n) is 9.28. The van der Waals surface area contributed by atoms with Crippen LogP contribution in [0.3, 0.4) is 0 Å². The lowest BCUT2D eigenvalue weighted by Crippen LogP contribution is -2.43. The standard InChI is InChI=1S/C11H14BrClN2O2/c1-6(16)10(14)5-15-11(17)7-2-3-8(12)9(13)4-7/h2-4,6,10,16H,5,14H2,1H3,(H,15,17). The van der Waals surface area contributed by atoms with Crippen LogP contribution in [-0.2, 0) is 0 Å². The van der Waals surface area contributed by atoms with Crippen molar-refractivity contribution >= 4 is 33.4 Å². The number of halogens is 2. The number of nitrogens with one attached hydrogen (secondary N) is 1. The molecule has 6 heteroatoms. The van der Waals surface area contributed by atoms with E-state index in [1.54, 1.807) is 25.1 Å². The number of aliphatic hydroxyl groups excluding tert-OH is 1. The van der Waals surface area contributed by atoms with Crippen molar-refractivity contribution in [2.24, 2.45) is 5.73 Å². The summed E-state index contributed by atoms with van der Waals surface area (Å²) < 4.78 is 0.733. The molecule has 2 unspecified atom stereocenters. The van der Waals surface area contributed by atoms with Crippen molar-refractivity contribution in [1.29, 1.82) is 0 Å². The highest BCUT2D eigenvalue weighted by molar-refractivity contribution is 9.10. The Bertz CT molecular complexity index is 412. The van der Waals surface area contributed by atoms with Gasteiger partial charge in [-0.25, -0.2) is 0 Å². The van der Waals surface area contributed by atoms with Crippen LogP contribution in [-0.4, -0.2) is 29.7 Å². The molecule has 4 nitrogen and oxygen atoms in total. The summed E-state index contributed by atoms with van der Waals surface area (Å²) in [5.74, 6) is -0.268. The van der Waals surface area contributed by atoms with E-state index in [1.807, 2.05) is 0 Å². The lowest BCUT2D eigenvalue weighted by molar-refractivity contribution is 0.0937. The van der Waals surface area contributed by atoms with E-state index in [-0.39, 0.29) is 12.5 Å². The van der Waals surface area contributed by atoms with Gasteiger partial charge in [0.1, 0.15) is 0 Å². The second kappa shape index (κ2) is 6.35. The van der Waals surface area contributed by atoms with Gasteiger partial charge >= 0.3 is 0 Å². The third-order valence-electron chi connectivity index (χ3n) is 2.30. The minimum absolute atomic E-state index is 0.212. The van der Waals surface area contributed by atoms with Gasteiger partial charge in [-0.2, -0.15) is 0 Å². The fourth-order valence-corrected chi connectivity index (χ4v) is 1.55. The fourth-order valence-electron chi connectivity index (χ4n) is 1.12. The van der Waals surface area contributed by atoms with Crippen LogP contribution in [0.25, 0.3) is 0 Å². The van der Waals surface area contributed by atoms with Gasteiger partial charge in [0.05, 0.1) is 11.1 Å². The molecular weight excluding hydrogens is 307 g/mol. The van der Waals surface area contributed by atoms with E-state index >= 15 is 0 Å². The lowest BCUT2D eigenvalue weighted by atomic mass is 10.2. The van der Waals surface area contributed by atoms with Crippen LogP contribution in [0, 0.1) is 0 Å². The maximum Gasteiger partial charge on any atom is 0.251 e. The van der Waals surface area contributed by atoms with Gasteiger partial charge in [0.2, 0.25) is 0 Å². The Labute approximate surface area is 113 Å². The minimum atomic E-state index is -0.663. The van der Waals surface area contributed by atoms with E-state index in [4.69, 9.17) is 17.3 Å². The van der Waals surface area contributed by atoms with Crippen LogP contribution in [0.2, 0.25) is 5.02 Å². The molecule has 0 heterocycles. The Morgan fingerprint density at radius 2 is 2.29 bits per heavy atom.